The van der Waals surface area contributed by atoms with Gasteiger partial charge in [0.2, 0.25) is 0 Å². The van der Waals surface area contributed by atoms with Gasteiger partial charge in [-0.25, -0.2) is 0 Å². The molecule has 3 heteroatoms. The molecular formula is C19H22GeO2. The van der Waals surface area contributed by atoms with Gasteiger partial charge in [-0.15, -0.1) is 0 Å². The van der Waals surface area contributed by atoms with Crippen LogP contribution in [0.25, 0.3) is 21.5 Å². The Hall–Kier alpha value is -1.36. The van der Waals surface area contributed by atoms with Gasteiger partial charge < -0.3 is 0 Å². The molecule has 3 rings (SSSR count). The second-order valence-electron chi connectivity index (χ2n) is 5.50. The van der Waals surface area contributed by atoms with Crippen molar-refractivity contribution in [1.82, 2.24) is 0 Å². The summed E-state index contributed by atoms with van der Waals surface area (Å²) >= 11 is -2.99. The van der Waals surface area contributed by atoms with E-state index in [9.17, 15) is 0 Å². The van der Waals surface area contributed by atoms with Crippen molar-refractivity contribution in [2.75, 3.05) is 13.2 Å². The van der Waals surface area contributed by atoms with Gasteiger partial charge >= 0.3 is 135 Å². The van der Waals surface area contributed by atoms with Gasteiger partial charge in [0.1, 0.15) is 0 Å². The van der Waals surface area contributed by atoms with Crippen molar-refractivity contribution < 1.29 is 7.53 Å². The molecule has 0 aliphatic heterocycles. The number of benzene rings is 3. The van der Waals surface area contributed by atoms with Gasteiger partial charge in [0.15, 0.2) is 0 Å². The normalized spacial score (nSPS) is 12.1. The van der Waals surface area contributed by atoms with E-state index in [4.69, 9.17) is 7.53 Å². The van der Waals surface area contributed by atoms with Crippen molar-refractivity contribution in [1.29, 1.82) is 0 Å². The maximum atomic E-state index is 6.18. The first kappa shape index (κ1) is 15.5. The first-order chi connectivity index (χ1) is 10.7. The summed E-state index contributed by atoms with van der Waals surface area (Å²) in [5, 5.41) is 5.10. The van der Waals surface area contributed by atoms with E-state index in [0.717, 1.165) is 0 Å². The molecule has 0 aliphatic carbocycles. The molecule has 0 heterocycles. The zero-order valence-electron chi connectivity index (χ0n) is 13.4. The predicted octanol–water partition coefficient (Wildman–Crippen LogP) is 4.35. The average Bonchev–Trinajstić information content (AvgIpc) is 2.54. The van der Waals surface area contributed by atoms with E-state index in [1.54, 1.807) is 0 Å². The molecule has 114 valence electrons. The fourth-order valence-corrected chi connectivity index (χ4v) is 8.68. The van der Waals surface area contributed by atoms with Gasteiger partial charge in [-0.2, -0.15) is 0 Å². The second-order valence-corrected chi connectivity index (χ2v) is 11.8. The average molecular weight is 355 g/mol. The Kier molecular flexibility index (Phi) is 4.52. The molecule has 0 aliphatic rings. The third-order valence-corrected chi connectivity index (χ3v) is 10.5. The van der Waals surface area contributed by atoms with Crippen LogP contribution in [0.5, 0.6) is 0 Å². The van der Waals surface area contributed by atoms with Crippen molar-refractivity contribution in [3.8, 4) is 0 Å². The van der Waals surface area contributed by atoms with Crippen molar-refractivity contribution in [3.05, 3.63) is 54.6 Å². The summed E-state index contributed by atoms with van der Waals surface area (Å²) in [5.41, 5.74) is 0. The van der Waals surface area contributed by atoms with Crippen LogP contribution in [-0.4, -0.2) is 27.2 Å². The van der Waals surface area contributed by atoms with Crippen LogP contribution in [0.15, 0.2) is 54.6 Å². The summed E-state index contributed by atoms with van der Waals surface area (Å²) in [7, 11) is 0. The third kappa shape index (κ3) is 2.67. The molecule has 0 saturated carbocycles. The summed E-state index contributed by atoms with van der Waals surface area (Å²) < 4.78 is 13.6. The van der Waals surface area contributed by atoms with Crippen LogP contribution in [0.3, 0.4) is 0 Å². The minimum atomic E-state index is -2.99. The Bertz CT molecular complexity index is 792. The molecule has 0 radical (unpaired) electrons. The predicted molar refractivity (Wildman–Crippen MR) is 96.0 cm³/mol. The molecule has 0 bridgehead atoms. The summed E-state index contributed by atoms with van der Waals surface area (Å²) in [5.74, 6) is 2.20. The SMILES string of the molecule is CC[O][Ge]([CH3])([O]CC)[c]1cc2ccccc2c2ccccc12. The zero-order chi connectivity index (χ0) is 15.6. The number of hydrogen-bond donors (Lipinski definition) is 0. The Morgan fingerprint density at radius 1 is 0.773 bits per heavy atom. The van der Waals surface area contributed by atoms with Crippen LogP contribution >= 0.6 is 0 Å². The van der Waals surface area contributed by atoms with Gasteiger partial charge in [-0.1, -0.05) is 0 Å². The third-order valence-electron chi connectivity index (χ3n) is 4.10. The zero-order valence-corrected chi connectivity index (χ0v) is 15.5. The molecule has 3 aromatic carbocycles. The van der Waals surface area contributed by atoms with E-state index in [2.05, 4.69) is 60.4 Å². The van der Waals surface area contributed by atoms with Crippen molar-refractivity contribution in [2.45, 2.75) is 19.6 Å². The Balaban J connectivity index is 2.35. The molecule has 0 N–H and O–H groups in total. The van der Waals surface area contributed by atoms with Crippen molar-refractivity contribution in [2.24, 2.45) is 0 Å². The Morgan fingerprint density at radius 2 is 1.32 bits per heavy atom. The van der Waals surface area contributed by atoms with Crippen molar-refractivity contribution >= 4 is 39.9 Å². The number of fused-ring (bicyclic) bond motifs is 3. The van der Waals surface area contributed by atoms with Crippen molar-refractivity contribution in [3.63, 3.8) is 0 Å². The van der Waals surface area contributed by atoms with Crippen LogP contribution in [-0.2, 0) is 7.53 Å². The topological polar surface area (TPSA) is 18.5 Å². The number of hydrogen-bond acceptors (Lipinski definition) is 2. The summed E-state index contributed by atoms with van der Waals surface area (Å²) in [6.07, 6.45) is 0. The second kappa shape index (κ2) is 6.41. The van der Waals surface area contributed by atoms with Crippen LogP contribution in [0.1, 0.15) is 13.8 Å². The summed E-state index contributed by atoms with van der Waals surface area (Å²) in [6, 6.07) is 19.4. The molecule has 3 aromatic rings. The van der Waals surface area contributed by atoms with Gasteiger partial charge in [0.25, 0.3) is 0 Å². The van der Waals surface area contributed by atoms with Gasteiger partial charge in [0, 0.05) is 0 Å². The Labute approximate surface area is 135 Å². The standard InChI is InChI=1S/C19H22GeO2/c1-4-21-20(3,22-5-2)19-14-15-10-6-7-11-16(15)17-12-8-9-13-18(17)19/h6-14H,4-5H2,1-3H3. The van der Waals surface area contributed by atoms with Crippen LogP contribution in [0.2, 0.25) is 5.76 Å². The maximum absolute atomic E-state index is 6.18. The van der Waals surface area contributed by atoms with E-state index < -0.39 is 13.9 Å². The Morgan fingerprint density at radius 3 is 1.95 bits per heavy atom. The molecule has 0 unspecified atom stereocenters. The molecule has 0 aromatic heterocycles. The van der Waals surface area contributed by atoms with E-state index in [0.29, 0.717) is 13.2 Å². The van der Waals surface area contributed by atoms with Gasteiger partial charge in [0.05, 0.1) is 0 Å². The molecule has 0 amide bonds. The molecule has 0 fully saturated rings. The monoisotopic (exact) mass is 356 g/mol. The number of rotatable bonds is 5. The molecule has 2 nitrogen and oxygen atoms in total. The molecular weight excluding hydrogens is 333 g/mol. The first-order valence-corrected chi connectivity index (χ1v) is 12.7. The molecule has 0 atom stereocenters. The summed E-state index contributed by atoms with van der Waals surface area (Å²) in [6.45, 7) is 5.48. The van der Waals surface area contributed by atoms with E-state index >= 15 is 0 Å². The van der Waals surface area contributed by atoms with Crippen LogP contribution in [0, 0.1) is 0 Å². The first-order valence-electron chi connectivity index (χ1n) is 7.88. The summed E-state index contributed by atoms with van der Waals surface area (Å²) in [4.78, 5) is 0. The van der Waals surface area contributed by atoms with E-state index in [1.807, 2.05) is 13.8 Å². The fourth-order valence-electron chi connectivity index (χ4n) is 3.18. The molecule has 0 spiro atoms. The van der Waals surface area contributed by atoms with Gasteiger partial charge in [-0.3, -0.25) is 0 Å². The molecule has 0 saturated heterocycles. The van der Waals surface area contributed by atoms with Gasteiger partial charge in [-0.05, 0) is 0 Å². The van der Waals surface area contributed by atoms with E-state index in [1.165, 1.54) is 25.9 Å². The van der Waals surface area contributed by atoms with E-state index in [-0.39, 0.29) is 0 Å². The van der Waals surface area contributed by atoms with Crippen LogP contribution < -0.4 is 4.40 Å². The van der Waals surface area contributed by atoms with Crippen LogP contribution in [0.4, 0.5) is 0 Å². The molecule has 22 heavy (non-hydrogen) atoms. The fraction of sp³-hybridized carbons (Fsp3) is 0.263. The quantitative estimate of drug-likeness (QED) is 0.501. The minimum absolute atomic E-state index is 0.692.